The largest absolute Gasteiger partial charge is 0.481 e. The molecule has 1 aromatic carbocycles. The molecule has 8 heteroatoms. The van der Waals surface area contributed by atoms with Crippen LogP contribution in [0.1, 0.15) is 35.1 Å². The molecule has 0 aliphatic carbocycles. The summed E-state index contributed by atoms with van der Waals surface area (Å²) >= 11 is 0. The number of nitrogens with zero attached hydrogens (tertiary/aromatic N) is 4. The monoisotopic (exact) mass is 359 g/mol. The maximum Gasteiger partial charge on any atom is 0.328 e. The second kappa shape index (κ2) is 6.05. The molecule has 26 heavy (non-hydrogen) atoms. The smallest absolute Gasteiger partial charge is 0.328 e. The van der Waals surface area contributed by atoms with E-state index in [1.165, 1.54) is 4.57 Å². The van der Waals surface area contributed by atoms with Gasteiger partial charge in [-0.05, 0) is 22.4 Å². The van der Waals surface area contributed by atoms with Crippen LogP contribution in [0.25, 0.3) is 11.0 Å². The van der Waals surface area contributed by atoms with Crippen molar-refractivity contribution >= 4 is 17.0 Å². The van der Waals surface area contributed by atoms with Gasteiger partial charge in [-0.3, -0.25) is 13.9 Å². The van der Waals surface area contributed by atoms with Crippen LogP contribution in [0.15, 0.2) is 23.0 Å². The Kier molecular flexibility index (Phi) is 4.14. The van der Waals surface area contributed by atoms with Crippen molar-refractivity contribution in [2.45, 2.75) is 26.2 Å². The van der Waals surface area contributed by atoms with Crippen molar-refractivity contribution < 1.29 is 19.7 Å². The van der Waals surface area contributed by atoms with E-state index in [1.807, 2.05) is 25.1 Å². The third-order valence-corrected chi connectivity index (χ3v) is 5.29. The summed E-state index contributed by atoms with van der Waals surface area (Å²) in [5.74, 6) is -1.04. The van der Waals surface area contributed by atoms with Crippen LogP contribution in [0.2, 0.25) is 0 Å². The highest BCUT2D eigenvalue weighted by molar-refractivity contribution is 5.77. The van der Waals surface area contributed by atoms with Crippen LogP contribution < -0.4 is 10.3 Å². The minimum absolute atomic E-state index is 0.144. The minimum atomic E-state index is -0.964. The number of imidazole rings is 2. The van der Waals surface area contributed by atoms with Crippen LogP contribution in [0.5, 0.6) is 0 Å². The van der Waals surface area contributed by atoms with Crippen LogP contribution in [0, 0.1) is 13.8 Å². The first-order chi connectivity index (χ1) is 12.1. The zero-order valence-electron chi connectivity index (χ0n) is 15.5. The van der Waals surface area contributed by atoms with Gasteiger partial charge in [-0.25, -0.2) is 9.36 Å². The summed E-state index contributed by atoms with van der Waals surface area (Å²) in [7, 11) is 5.18. The summed E-state index contributed by atoms with van der Waals surface area (Å²) in [5, 5.41) is 19.9. The lowest BCUT2D eigenvalue weighted by molar-refractivity contribution is -0.686. The summed E-state index contributed by atoms with van der Waals surface area (Å²) < 4.78 is 5.94. The first-order valence-corrected chi connectivity index (χ1v) is 8.29. The highest BCUT2D eigenvalue weighted by atomic mass is 16.5. The molecule has 8 nitrogen and oxygen atoms in total. The molecule has 0 aliphatic heterocycles. The average Bonchev–Trinajstić information content (AvgIpc) is 2.93. The quantitative estimate of drug-likeness (QED) is 0.536. The van der Waals surface area contributed by atoms with Gasteiger partial charge in [-0.2, -0.15) is 0 Å². The molecule has 0 fully saturated rings. The number of hydrogen-bond donors (Lipinski definition) is 2. The van der Waals surface area contributed by atoms with Gasteiger partial charge in [0.2, 0.25) is 0 Å². The topological polar surface area (TPSA) is 93.3 Å². The van der Waals surface area contributed by atoms with Crippen molar-refractivity contribution in [3.63, 3.8) is 0 Å². The molecule has 138 valence electrons. The van der Waals surface area contributed by atoms with Crippen LogP contribution in [-0.4, -0.2) is 30.1 Å². The van der Waals surface area contributed by atoms with Gasteiger partial charge >= 0.3 is 17.5 Å². The van der Waals surface area contributed by atoms with E-state index in [9.17, 15) is 19.9 Å². The second-order valence-electron chi connectivity index (χ2n) is 6.70. The number of rotatable bonds is 4. The Labute approximate surface area is 150 Å². The molecular formula is C18H23N4O4+. The van der Waals surface area contributed by atoms with Crippen molar-refractivity contribution in [2.75, 3.05) is 0 Å². The Balaban J connectivity index is 2.26. The molecule has 0 saturated heterocycles. The highest BCUT2D eigenvalue weighted by Crippen LogP contribution is 2.29. The molecule has 3 rings (SSSR count). The fourth-order valence-electron chi connectivity index (χ4n) is 3.54. The number of carbonyl (C=O) groups is 1. The Bertz CT molecular complexity index is 1060. The highest BCUT2D eigenvalue weighted by Gasteiger charge is 2.34. The molecule has 0 aliphatic rings. The average molecular weight is 359 g/mol. The first-order valence-electron chi connectivity index (χ1n) is 8.29. The number of aromatic nitrogens is 4. The summed E-state index contributed by atoms with van der Waals surface area (Å²) in [5.41, 5.74) is 3.58. The predicted molar refractivity (Wildman–Crippen MR) is 94.5 cm³/mol. The SMILES string of the molecule is Cc1c(C)[n+](C)c([C@H](CC(=O)O)c2ccc3c(c2)n(C)c(=O)n3C)n1O. The lowest BCUT2D eigenvalue weighted by atomic mass is 9.94. The molecule has 2 aromatic heterocycles. The molecule has 0 amide bonds. The number of hydrogen-bond acceptors (Lipinski definition) is 3. The van der Waals surface area contributed by atoms with Gasteiger partial charge in [-0.1, -0.05) is 6.07 Å². The number of carboxylic acids is 1. The Morgan fingerprint density at radius 3 is 2.35 bits per heavy atom. The van der Waals surface area contributed by atoms with Gasteiger partial charge in [0, 0.05) is 27.9 Å². The molecule has 0 bridgehead atoms. The Morgan fingerprint density at radius 2 is 1.81 bits per heavy atom. The van der Waals surface area contributed by atoms with E-state index >= 15 is 0 Å². The van der Waals surface area contributed by atoms with Gasteiger partial charge in [0.25, 0.3) is 0 Å². The summed E-state index contributed by atoms with van der Waals surface area (Å²) in [6.45, 7) is 3.65. The predicted octanol–water partition coefficient (Wildman–Crippen LogP) is 0.964. The van der Waals surface area contributed by atoms with E-state index < -0.39 is 11.9 Å². The van der Waals surface area contributed by atoms with E-state index in [0.29, 0.717) is 11.5 Å². The number of aryl methyl sites for hydroxylation is 2. The van der Waals surface area contributed by atoms with E-state index in [4.69, 9.17) is 0 Å². The van der Waals surface area contributed by atoms with Gasteiger partial charge < -0.3 is 10.3 Å². The standard InChI is InChI=1S/C18H22N4O4/c1-10-11(2)22(26)17(19(10)3)13(9-16(23)24)12-6-7-14-15(8-12)21(5)18(25)20(14)4/h6-8,13H,9H2,1-5H3,(H-,23,24,26)/p+1/t13-/m1/s1. The van der Waals surface area contributed by atoms with Crippen LogP contribution in [0.3, 0.4) is 0 Å². The molecule has 0 radical (unpaired) electrons. The molecule has 0 spiro atoms. The summed E-state index contributed by atoms with van der Waals surface area (Å²) in [4.78, 5) is 23.7. The maximum atomic E-state index is 12.2. The number of carboxylic acid groups (broad SMARTS) is 1. The number of benzene rings is 1. The molecule has 0 saturated carbocycles. The van der Waals surface area contributed by atoms with E-state index in [-0.39, 0.29) is 12.1 Å². The maximum absolute atomic E-state index is 12.2. The van der Waals surface area contributed by atoms with E-state index in [0.717, 1.165) is 27.0 Å². The number of aliphatic carboxylic acids is 1. The Hall–Kier alpha value is -3.03. The zero-order valence-corrected chi connectivity index (χ0v) is 15.5. The molecule has 3 aromatic rings. The fourth-order valence-corrected chi connectivity index (χ4v) is 3.54. The van der Waals surface area contributed by atoms with Gasteiger partial charge in [-0.15, -0.1) is 0 Å². The summed E-state index contributed by atoms with van der Waals surface area (Å²) in [6.07, 6.45) is -0.177. The van der Waals surface area contributed by atoms with E-state index in [1.54, 1.807) is 37.2 Å². The van der Waals surface area contributed by atoms with E-state index in [2.05, 4.69) is 0 Å². The van der Waals surface area contributed by atoms with Crippen LogP contribution in [-0.2, 0) is 25.9 Å². The normalized spacial score (nSPS) is 12.7. The second-order valence-corrected chi connectivity index (χ2v) is 6.70. The molecule has 0 unspecified atom stereocenters. The van der Waals surface area contributed by atoms with Gasteiger partial charge in [0.15, 0.2) is 5.69 Å². The lowest BCUT2D eigenvalue weighted by Crippen LogP contribution is -2.37. The first kappa shape index (κ1) is 17.8. The van der Waals surface area contributed by atoms with Crippen molar-refractivity contribution in [1.82, 2.24) is 13.9 Å². The van der Waals surface area contributed by atoms with Crippen LogP contribution >= 0.6 is 0 Å². The molecule has 1 atom stereocenters. The van der Waals surface area contributed by atoms with Crippen molar-refractivity contribution in [1.29, 1.82) is 0 Å². The molecule has 2 N–H and O–H groups in total. The molecule has 2 heterocycles. The molecular weight excluding hydrogens is 336 g/mol. The third-order valence-electron chi connectivity index (χ3n) is 5.29. The van der Waals surface area contributed by atoms with Crippen molar-refractivity contribution in [3.05, 3.63) is 51.5 Å². The third kappa shape index (κ3) is 2.49. The summed E-state index contributed by atoms with van der Waals surface area (Å²) in [6, 6.07) is 5.44. The van der Waals surface area contributed by atoms with Gasteiger partial charge in [0.1, 0.15) is 5.69 Å². The van der Waals surface area contributed by atoms with Gasteiger partial charge in [0.05, 0.1) is 30.4 Å². The van der Waals surface area contributed by atoms with Crippen molar-refractivity contribution in [3.8, 4) is 0 Å². The Morgan fingerprint density at radius 1 is 1.19 bits per heavy atom. The fraction of sp³-hybridized carbons (Fsp3) is 0.389. The lowest BCUT2D eigenvalue weighted by Gasteiger charge is -2.13. The van der Waals surface area contributed by atoms with Crippen LogP contribution in [0.4, 0.5) is 0 Å². The number of fused-ring (bicyclic) bond motifs is 1. The zero-order chi connectivity index (χ0) is 19.3. The minimum Gasteiger partial charge on any atom is -0.481 e. The van der Waals surface area contributed by atoms with Crippen molar-refractivity contribution in [2.24, 2.45) is 21.1 Å².